The van der Waals surface area contributed by atoms with Crippen molar-refractivity contribution in [2.45, 2.75) is 18.9 Å². The van der Waals surface area contributed by atoms with E-state index >= 15 is 0 Å². The highest BCUT2D eigenvalue weighted by atomic mass is 19.1. The fourth-order valence-electron chi connectivity index (χ4n) is 2.32. The molecule has 0 saturated heterocycles. The van der Waals surface area contributed by atoms with Gasteiger partial charge in [0.2, 0.25) is 5.91 Å². The van der Waals surface area contributed by atoms with Crippen LogP contribution in [-0.4, -0.2) is 30.1 Å². The first-order valence-electron chi connectivity index (χ1n) is 7.48. The number of hydrogen-bond donors (Lipinski definition) is 2. The molecule has 2 rings (SSSR count). The predicted octanol–water partition coefficient (Wildman–Crippen LogP) is 2.33. The highest BCUT2D eigenvalue weighted by Crippen LogP contribution is 2.15. The van der Waals surface area contributed by atoms with Gasteiger partial charge in [-0.15, -0.1) is 0 Å². The smallest absolute Gasteiger partial charge is 0.326 e. The second-order valence-electron chi connectivity index (χ2n) is 5.43. The lowest BCUT2D eigenvalue weighted by Crippen LogP contribution is -2.43. The topological polar surface area (TPSA) is 75.6 Å². The molecule has 132 valence electrons. The molecule has 5 nitrogen and oxygen atoms in total. The first-order valence-corrected chi connectivity index (χ1v) is 7.48. The molecule has 0 radical (unpaired) electrons. The normalized spacial score (nSPS) is 11.6. The molecule has 0 aliphatic heterocycles. The Balaban J connectivity index is 2.05. The van der Waals surface area contributed by atoms with Gasteiger partial charge in [0.05, 0.1) is 13.5 Å². The van der Waals surface area contributed by atoms with E-state index in [1.807, 2.05) is 0 Å². The molecule has 0 saturated carbocycles. The van der Waals surface area contributed by atoms with Crippen molar-refractivity contribution < 1.29 is 28.2 Å². The van der Waals surface area contributed by atoms with Crippen LogP contribution < -0.4 is 10.1 Å². The lowest BCUT2D eigenvalue weighted by Gasteiger charge is -2.15. The standard InChI is InChI=1S/C18H17F2NO4/c1-25-14-4-2-3-11(7-14)8-16(18(23)24)21-17(22)9-12-5-6-13(19)10-15(12)20/h2-7,10,16H,8-9H2,1H3,(H,21,22)(H,23,24)/t16-/m1/s1. The van der Waals surface area contributed by atoms with Crippen molar-refractivity contribution >= 4 is 11.9 Å². The van der Waals surface area contributed by atoms with Gasteiger partial charge in [0.1, 0.15) is 23.4 Å². The number of aliphatic carboxylic acids is 1. The highest BCUT2D eigenvalue weighted by molar-refractivity contribution is 5.85. The molecule has 1 atom stereocenters. The van der Waals surface area contributed by atoms with Gasteiger partial charge in [-0.25, -0.2) is 13.6 Å². The highest BCUT2D eigenvalue weighted by Gasteiger charge is 2.21. The third kappa shape index (κ3) is 5.27. The minimum Gasteiger partial charge on any atom is -0.497 e. The summed E-state index contributed by atoms with van der Waals surface area (Å²) < 4.78 is 31.5. The lowest BCUT2D eigenvalue weighted by atomic mass is 10.0. The van der Waals surface area contributed by atoms with Crippen molar-refractivity contribution in [1.29, 1.82) is 0 Å². The van der Waals surface area contributed by atoms with Gasteiger partial charge in [0.25, 0.3) is 0 Å². The van der Waals surface area contributed by atoms with Crippen molar-refractivity contribution in [1.82, 2.24) is 5.32 Å². The van der Waals surface area contributed by atoms with Crippen molar-refractivity contribution in [3.8, 4) is 5.75 Å². The van der Waals surface area contributed by atoms with Gasteiger partial charge in [-0.05, 0) is 29.3 Å². The molecule has 7 heteroatoms. The van der Waals surface area contributed by atoms with E-state index in [0.29, 0.717) is 17.4 Å². The van der Waals surface area contributed by atoms with E-state index in [2.05, 4.69) is 5.32 Å². The Hall–Kier alpha value is -2.96. The molecular weight excluding hydrogens is 332 g/mol. The number of halogens is 2. The minimum atomic E-state index is -1.21. The number of nitrogens with one attached hydrogen (secondary N) is 1. The number of methoxy groups -OCH3 is 1. The Morgan fingerprint density at radius 3 is 2.60 bits per heavy atom. The molecule has 0 unspecified atom stereocenters. The number of carboxylic acid groups (broad SMARTS) is 1. The fourth-order valence-corrected chi connectivity index (χ4v) is 2.32. The van der Waals surface area contributed by atoms with Gasteiger partial charge in [0.15, 0.2) is 0 Å². The molecule has 0 aliphatic rings. The Bertz CT molecular complexity index is 779. The Labute approximate surface area is 143 Å². The monoisotopic (exact) mass is 349 g/mol. The second kappa shape index (κ2) is 8.23. The van der Waals surface area contributed by atoms with Gasteiger partial charge in [-0.1, -0.05) is 18.2 Å². The van der Waals surface area contributed by atoms with Crippen molar-refractivity contribution in [2.75, 3.05) is 7.11 Å². The van der Waals surface area contributed by atoms with Crippen molar-refractivity contribution in [2.24, 2.45) is 0 Å². The number of rotatable bonds is 7. The zero-order valence-electron chi connectivity index (χ0n) is 13.5. The molecule has 2 aromatic carbocycles. The van der Waals surface area contributed by atoms with Crippen LogP contribution in [0.25, 0.3) is 0 Å². The third-order valence-corrected chi connectivity index (χ3v) is 3.57. The summed E-state index contributed by atoms with van der Waals surface area (Å²) in [6, 6.07) is 8.50. The number of carbonyl (C=O) groups excluding carboxylic acids is 1. The van der Waals surface area contributed by atoms with Crippen LogP contribution in [0.5, 0.6) is 5.75 Å². The van der Waals surface area contributed by atoms with Crippen LogP contribution in [0.2, 0.25) is 0 Å². The number of benzene rings is 2. The molecule has 25 heavy (non-hydrogen) atoms. The van der Waals surface area contributed by atoms with E-state index in [-0.39, 0.29) is 18.4 Å². The maximum absolute atomic E-state index is 13.6. The van der Waals surface area contributed by atoms with Gasteiger partial charge in [-0.2, -0.15) is 0 Å². The van der Waals surface area contributed by atoms with Crippen LogP contribution in [0.3, 0.4) is 0 Å². The molecule has 0 aromatic heterocycles. The molecule has 0 heterocycles. The Kier molecular flexibility index (Phi) is 6.05. The average molecular weight is 349 g/mol. The maximum Gasteiger partial charge on any atom is 0.326 e. The summed E-state index contributed by atoms with van der Waals surface area (Å²) in [5.74, 6) is -2.91. The van der Waals surface area contributed by atoms with E-state index in [1.165, 1.54) is 7.11 Å². The number of amides is 1. The number of carboxylic acids is 1. The molecule has 0 bridgehead atoms. The first-order chi connectivity index (χ1) is 11.9. The van der Waals surface area contributed by atoms with E-state index in [1.54, 1.807) is 24.3 Å². The molecule has 2 aromatic rings. The maximum atomic E-state index is 13.6. The number of hydrogen-bond acceptors (Lipinski definition) is 3. The van der Waals surface area contributed by atoms with Gasteiger partial charge in [-0.3, -0.25) is 4.79 Å². The SMILES string of the molecule is COc1cccc(C[C@@H](NC(=O)Cc2ccc(F)cc2F)C(=O)O)c1. The Morgan fingerprint density at radius 1 is 1.20 bits per heavy atom. The van der Waals surface area contributed by atoms with Crippen LogP contribution >= 0.6 is 0 Å². The predicted molar refractivity (Wildman–Crippen MR) is 86.3 cm³/mol. The molecule has 1 amide bonds. The summed E-state index contributed by atoms with van der Waals surface area (Å²) >= 11 is 0. The summed E-state index contributed by atoms with van der Waals surface area (Å²) in [5.41, 5.74) is 0.657. The van der Waals surface area contributed by atoms with Gasteiger partial charge in [0, 0.05) is 12.5 Å². The van der Waals surface area contributed by atoms with Crippen LogP contribution in [-0.2, 0) is 22.4 Å². The van der Waals surface area contributed by atoms with E-state index in [9.17, 15) is 23.5 Å². The lowest BCUT2D eigenvalue weighted by molar-refractivity contribution is -0.141. The second-order valence-corrected chi connectivity index (χ2v) is 5.43. The van der Waals surface area contributed by atoms with Crippen LogP contribution in [0, 0.1) is 11.6 Å². The minimum absolute atomic E-state index is 0.00980. The van der Waals surface area contributed by atoms with Gasteiger partial charge >= 0.3 is 5.97 Å². The first kappa shape index (κ1) is 18.4. The van der Waals surface area contributed by atoms with Gasteiger partial charge < -0.3 is 15.2 Å². The summed E-state index contributed by atoms with van der Waals surface area (Å²) in [5, 5.41) is 11.7. The molecule has 0 spiro atoms. The summed E-state index contributed by atoms with van der Waals surface area (Å²) in [7, 11) is 1.49. The molecule has 2 N–H and O–H groups in total. The van der Waals surface area contributed by atoms with Crippen LogP contribution in [0.15, 0.2) is 42.5 Å². The van der Waals surface area contributed by atoms with E-state index < -0.39 is 29.6 Å². The van der Waals surface area contributed by atoms with Crippen LogP contribution in [0.4, 0.5) is 8.78 Å². The Morgan fingerprint density at radius 2 is 1.96 bits per heavy atom. The number of carbonyl (C=O) groups is 2. The average Bonchev–Trinajstić information content (AvgIpc) is 2.57. The van der Waals surface area contributed by atoms with Crippen molar-refractivity contribution in [3.63, 3.8) is 0 Å². The fraction of sp³-hybridized carbons (Fsp3) is 0.222. The molecular formula is C18H17F2NO4. The van der Waals surface area contributed by atoms with E-state index in [4.69, 9.17) is 4.74 Å². The van der Waals surface area contributed by atoms with Crippen LogP contribution in [0.1, 0.15) is 11.1 Å². The summed E-state index contributed by atoms with van der Waals surface area (Å²) in [4.78, 5) is 23.4. The van der Waals surface area contributed by atoms with E-state index in [0.717, 1.165) is 12.1 Å². The summed E-state index contributed by atoms with van der Waals surface area (Å²) in [6.45, 7) is 0. The zero-order chi connectivity index (χ0) is 18.4. The van der Waals surface area contributed by atoms with Crippen molar-refractivity contribution in [3.05, 3.63) is 65.2 Å². The number of ether oxygens (including phenoxy) is 1. The zero-order valence-corrected chi connectivity index (χ0v) is 13.5. The quantitative estimate of drug-likeness (QED) is 0.804. The summed E-state index contributed by atoms with van der Waals surface area (Å²) in [6.07, 6.45) is -0.335. The third-order valence-electron chi connectivity index (χ3n) is 3.57. The largest absolute Gasteiger partial charge is 0.497 e. The molecule has 0 aliphatic carbocycles. The molecule has 0 fully saturated rings.